The van der Waals surface area contributed by atoms with Gasteiger partial charge in [0.1, 0.15) is 6.10 Å². The molecule has 4 nitrogen and oxygen atoms in total. The summed E-state index contributed by atoms with van der Waals surface area (Å²) in [5.41, 5.74) is 0. The van der Waals surface area contributed by atoms with Crippen LogP contribution in [0, 0.1) is 0 Å². The molecule has 0 aliphatic heterocycles. The molecule has 0 aromatic rings. The Morgan fingerprint density at radius 3 is 1.51 bits per heavy atom. The molecule has 0 aliphatic rings. The van der Waals surface area contributed by atoms with Gasteiger partial charge in [-0.15, -0.1) is 0 Å². The second-order valence-electron chi connectivity index (χ2n) is 13.0. The van der Waals surface area contributed by atoms with E-state index in [2.05, 4.69) is 50.3 Å². The largest absolute Gasteiger partial charge is 0.457 e. The predicted molar refractivity (Wildman–Crippen MR) is 196 cm³/mol. The Bertz CT molecular complexity index is 668. The van der Waals surface area contributed by atoms with E-state index < -0.39 is 6.10 Å². The summed E-state index contributed by atoms with van der Waals surface area (Å²) < 4.78 is 11.1. The lowest BCUT2D eigenvalue weighted by Gasteiger charge is -2.15. The van der Waals surface area contributed by atoms with Crippen LogP contribution in [0.4, 0.5) is 0 Å². The third-order valence-electron chi connectivity index (χ3n) is 8.48. The lowest BCUT2D eigenvalue weighted by Crippen LogP contribution is -2.27. The topological polar surface area (TPSA) is 55.8 Å². The Hall–Kier alpha value is -1.39. The molecule has 0 saturated heterocycles. The van der Waals surface area contributed by atoms with Crippen LogP contribution in [0.1, 0.15) is 194 Å². The molecule has 0 bridgehead atoms. The number of rotatable bonds is 36. The summed E-state index contributed by atoms with van der Waals surface area (Å²) in [5, 5.41) is 9.57. The van der Waals surface area contributed by atoms with Gasteiger partial charge in [0.15, 0.2) is 0 Å². The predicted octanol–water partition coefficient (Wildman–Crippen LogP) is 12.5. The highest BCUT2D eigenvalue weighted by molar-refractivity contribution is 5.69. The zero-order valence-corrected chi connectivity index (χ0v) is 30.1. The molecule has 4 heteroatoms. The number of esters is 1. The van der Waals surface area contributed by atoms with Crippen molar-refractivity contribution >= 4 is 5.97 Å². The Labute approximate surface area is 280 Å². The average molecular weight is 633 g/mol. The Balaban J connectivity index is 3.43. The number of hydrogen-bond acceptors (Lipinski definition) is 4. The molecule has 0 aliphatic carbocycles. The van der Waals surface area contributed by atoms with Crippen molar-refractivity contribution < 1.29 is 19.4 Å². The molecule has 1 unspecified atom stereocenters. The molecule has 0 aromatic carbocycles. The standard InChI is InChI=1S/C41H76O4/c1-3-5-7-9-11-13-15-17-19-21-22-24-26-28-30-32-34-36-41(43)45-40(38-42)39-44-37-35-33-31-29-27-25-23-20-18-16-14-12-10-8-6-4-2/h6,8,12,14,18,20,40,42H,3-5,7,9-11,13,15-17,19,21-39H2,1-2H3/b8-6-,14-12-,20-18-. The number of aliphatic hydroxyl groups excluding tert-OH is 1. The van der Waals surface area contributed by atoms with Gasteiger partial charge in [0, 0.05) is 13.0 Å². The first-order chi connectivity index (χ1) is 22.2. The van der Waals surface area contributed by atoms with E-state index in [1.807, 2.05) is 0 Å². The number of allylic oxidation sites excluding steroid dienone is 6. The van der Waals surface area contributed by atoms with Gasteiger partial charge in [0.25, 0.3) is 0 Å². The van der Waals surface area contributed by atoms with Crippen LogP contribution in [0.5, 0.6) is 0 Å². The molecule has 0 amide bonds. The van der Waals surface area contributed by atoms with E-state index in [4.69, 9.17) is 9.47 Å². The third kappa shape index (κ3) is 36.9. The minimum absolute atomic E-state index is 0.175. The zero-order valence-electron chi connectivity index (χ0n) is 30.1. The number of unbranched alkanes of at least 4 members (excludes halogenated alkanes) is 22. The van der Waals surface area contributed by atoms with Crippen LogP contribution >= 0.6 is 0 Å². The maximum absolute atomic E-state index is 12.2. The van der Waals surface area contributed by atoms with E-state index in [-0.39, 0.29) is 19.2 Å². The third-order valence-corrected chi connectivity index (χ3v) is 8.48. The van der Waals surface area contributed by atoms with Crippen LogP contribution in [0.2, 0.25) is 0 Å². The summed E-state index contributed by atoms with van der Waals surface area (Å²) in [7, 11) is 0. The number of hydrogen-bond donors (Lipinski definition) is 1. The number of carbonyl (C=O) groups is 1. The summed E-state index contributed by atoms with van der Waals surface area (Å²) >= 11 is 0. The molecular formula is C41H76O4. The van der Waals surface area contributed by atoms with Crippen LogP contribution in [0.15, 0.2) is 36.5 Å². The molecule has 0 radical (unpaired) electrons. The normalized spacial score (nSPS) is 12.7. The first-order valence-electron chi connectivity index (χ1n) is 19.6. The van der Waals surface area contributed by atoms with Gasteiger partial charge in [-0.1, -0.05) is 179 Å². The molecule has 1 N–H and O–H groups in total. The van der Waals surface area contributed by atoms with Crippen LogP contribution in [-0.4, -0.2) is 37.0 Å². The first-order valence-corrected chi connectivity index (χ1v) is 19.6. The van der Waals surface area contributed by atoms with E-state index in [9.17, 15) is 9.90 Å². The van der Waals surface area contributed by atoms with Crippen molar-refractivity contribution in [3.8, 4) is 0 Å². The zero-order chi connectivity index (χ0) is 32.7. The van der Waals surface area contributed by atoms with Crippen molar-refractivity contribution in [3.63, 3.8) is 0 Å². The van der Waals surface area contributed by atoms with Crippen molar-refractivity contribution in [1.82, 2.24) is 0 Å². The fraction of sp³-hybridized carbons (Fsp3) is 0.829. The van der Waals surface area contributed by atoms with E-state index in [1.54, 1.807) is 0 Å². The fourth-order valence-corrected chi connectivity index (χ4v) is 5.58. The molecule has 0 spiro atoms. The first kappa shape index (κ1) is 43.6. The maximum atomic E-state index is 12.2. The fourth-order valence-electron chi connectivity index (χ4n) is 5.58. The maximum Gasteiger partial charge on any atom is 0.306 e. The summed E-state index contributed by atoms with van der Waals surface area (Å²) in [6.07, 6.45) is 47.6. The van der Waals surface area contributed by atoms with Crippen molar-refractivity contribution in [2.24, 2.45) is 0 Å². The molecule has 45 heavy (non-hydrogen) atoms. The van der Waals surface area contributed by atoms with E-state index in [0.29, 0.717) is 13.0 Å². The molecule has 1 atom stereocenters. The van der Waals surface area contributed by atoms with Crippen LogP contribution in [0.25, 0.3) is 0 Å². The van der Waals surface area contributed by atoms with Crippen LogP contribution in [-0.2, 0) is 14.3 Å². The Morgan fingerprint density at radius 1 is 0.556 bits per heavy atom. The minimum Gasteiger partial charge on any atom is -0.457 e. The van der Waals surface area contributed by atoms with E-state index in [0.717, 1.165) is 44.9 Å². The van der Waals surface area contributed by atoms with Crippen LogP contribution < -0.4 is 0 Å². The highest BCUT2D eigenvalue weighted by Crippen LogP contribution is 2.15. The smallest absolute Gasteiger partial charge is 0.306 e. The highest BCUT2D eigenvalue weighted by Gasteiger charge is 2.13. The second-order valence-corrected chi connectivity index (χ2v) is 13.0. The van der Waals surface area contributed by atoms with Crippen molar-refractivity contribution in [3.05, 3.63) is 36.5 Å². The van der Waals surface area contributed by atoms with Gasteiger partial charge >= 0.3 is 5.97 Å². The quantitative estimate of drug-likeness (QED) is 0.0424. The Kier molecular flexibility index (Phi) is 37.6. The summed E-state index contributed by atoms with van der Waals surface area (Å²) in [6, 6.07) is 0. The SMILES string of the molecule is CC/C=C\C/C=C\C/C=C\CCCCCCCCOCC(CO)OC(=O)CCCCCCCCCCCCCCCCCCC. The van der Waals surface area contributed by atoms with Gasteiger partial charge in [0.2, 0.25) is 0 Å². The summed E-state index contributed by atoms with van der Waals surface area (Å²) in [4.78, 5) is 12.2. The number of aliphatic hydroxyl groups is 1. The van der Waals surface area contributed by atoms with E-state index >= 15 is 0 Å². The molecular weight excluding hydrogens is 556 g/mol. The van der Waals surface area contributed by atoms with E-state index in [1.165, 1.54) is 128 Å². The van der Waals surface area contributed by atoms with Gasteiger partial charge in [-0.2, -0.15) is 0 Å². The monoisotopic (exact) mass is 633 g/mol. The molecule has 0 saturated carbocycles. The van der Waals surface area contributed by atoms with Gasteiger partial charge in [0.05, 0.1) is 13.2 Å². The van der Waals surface area contributed by atoms with Crippen molar-refractivity contribution in [2.75, 3.05) is 19.8 Å². The summed E-state index contributed by atoms with van der Waals surface area (Å²) in [6.45, 7) is 5.23. The number of ether oxygens (including phenoxy) is 2. The molecule has 0 heterocycles. The summed E-state index contributed by atoms with van der Waals surface area (Å²) in [5.74, 6) is -0.204. The molecule has 0 rings (SSSR count). The van der Waals surface area contributed by atoms with Gasteiger partial charge < -0.3 is 14.6 Å². The Morgan fingerprint density at radius 2 is 1.00 bits per heavy atom. The molecule has 264 valence electrons. The molecule has 0 aromatic heterocycles. The molecule has 0 fully saturated rings. The lowest BCUT2D eigenvalue weighted by molar-refractivity contribution is -0.154. The van der Waals surface area contributed by atoms with Gasteiger partial charge in [-0.05, 0) is 44.9 Å². The van der Waals surface area contributed by atoms with Crippen LogP contribution in [0.3, 0.4) is 0 Å². The number of carbonyl (C=O) groups excluding carboxylic acids is 1. The lowest BCUT2D eigenvalue weighted by atomic mass is 10.0. The average Bonchev–Trinajstić information content (AvgIpc) is 3.05. The second kappa shape index (κ2) is 38.8. The van der Waals surface area contributed by atoms with Crippen molar-refractivity contribution in [2.45, 2.75) is 200 Å². The van der Waals surface area contributed by atoms with Gasteiger partial charge in [-0.3, -0.25) is 4.79 Å². The minimum atomic E-state index is -0.537. The van der Waals surface area contributed by atoms with Crippen molar-refractivity contribution in [1.29, 1.82) is 0 Å². The highest BCUT2D eigenvalue weighted by atomic mass is 16.6. The van der Waals surface area contributed by atoms with Gasteiger partial charge in [-0.25, -0.2) is 0 Å².